The molecule has 1 amide bonds. The van der Waals surface area contributed by atoms with E-state index in [1.165, 1.54) is 6.07 Å². The van der Waals surface area contributed by atoms with Crippen molar-refractivity contribution in [3.05, 3.63) is 54.0 Å². The van der Waals surface area contributed by atoms with E-state index in [1.54, 1.807) is 19.1 Å². The van der Waals surface area contributed by atoms with Crippen molar-refractivity contribution in [1.29, 1.82) is 0 Å². The standard InChI is InChI=1S/C18H19FN2O/c1-13(22)21-11-5-6-14(12-21)17-9-4-10-18(20-17)15-7-2-3-8-16(15)19/h2-4,7-10,14H,5-6,11-12H2,1H3. The van der Waals surface area contributed by atoms with Crippen molar-refractivity contribution < 1.29 is 9.18 Å². The Morgan fingerprint density at radius 1 is 1.23 bits per heavy atom. The summed E-state index contributed by atoms with van der Waals surface area (Å²) >= 11 is 0. The van der Waals surface area contributed by atoms with Gasteiger partial charge in [-0.15, -0.1) is 0 Å². The van der Waals surface area contributed by atoms with Gasteiger partial charge in [-0.2, -0.15) is 0 Å². The molecule has 0 spiro atoms. The summed E-state index contributed by atoms with van der Waals surface area (Å²) in [5.41, 5.74) is 2.10. The fourth-order valence-corrected chi connectivity index (χ4v) is 3.00. The van der Waals surface area contributed by atoms with E-state index in [0.29, 0.717) is 17.8 Å². The summed E-state index contributed by atoms with van der Waals surface area (Å²) in [6, 6.07) is 12.4. The first-order valence-electron chi connectivity index (χ1n) is 7.62. The Morgan fingerprint density at radius 2 is 2.05 bits per heavy atom. The minimum Gasteiger partial charge on any atom is -0.342 e. The van der Waals surface area contributed by atoms with E-state index in [9.17, 15) is 9.18 Å². The third-order valence-electron chi connectivity index (χ3n) is 4.21. The second-order valence-corrected chi connectivity index (χ2v) is 5.73. The van der Waals surface area contributed by atoms with E-state index in [2.05, 4.69) is 4.98 Å². The van der Waals surface area contributed by atoms with E-state index in [1.807, 2.05) is 29.2 Å². The molecular formula is C18H19FN2O. The Hall–Kier alpha value is -2.23. The Kier molecular flexibility index (Phi) is 4.18. The number of aromatic nitrogens is 1. The summed E-state index contributed by atoms with van der Waals surface area (Å²) in [6.45, 7) is 3.12. The number of rotatable bonds is 2. The first-order valence-corrected chi connectivity index (χ1v) is 7.62. The molecule has 22 heavy (non-hydrogen) atoms. The maximum Gasteiger partial charge on any atom is 0.219 e. The number of halogens is 1. The first-order chi connectivity index (χ1) is 10.6. The molecule has 1 saturated heterocycles. The van der Waals surface area contributed by atoms with Crippen LogP contribution in [-0.4, -0.2) is 28.9 Å². The van der Waals surface area contributed by atoms with Crippen LogP contribution >= 0.6 is 0 Å². The third-order valence-corrected chi connectivity index (χ3v) is 4.21. The van der Waals surface area contributed by atoms with Crippen LogP contribution < -0.4 is 0 Å². The Bertz CT molecular complexity index is 686. The summed E-state index contributed by atoms with van der Waals surface area (Å²) in [5, 5.41) is 0. The van der Waals surface area contributed by atoms with Crippen LogP contribution in [0.25, 0.3) is 11.3 Å². The molecule has 3 nitrogen and oxygen atoms in total. The lowest BCUT2D eigenvalue weighted by atomic mass is 9.94. The summed E-state index contributed by atoms with van der Waals surface area (Å²) in [5.74, 6) is 0.0699. The number of carbonyl (C=O) groups is 1. The number of benzene rings is 1. The van der Waals surface area contributed by atoms with Gasteiger partial charge in [0.2, 0.25) is 5.91 Å². The van der Waals surface area contributed by atoms with Crippen molar-refractivity contribution in [2.24, 2.45) is 0 Å². The van der Waals surface area contributed by atoms with Crippen molar-refractivity contribution in [3.63, 3.8) is 0 Å². The molecule has 2 heterocycles. The molecule has 2 aromatic rings. The van der Waals surface area contributed by atoms with E-state index in [4.69, 9.17) is 0 Å². The fraction of sp³-hybridized carbons (Fsp3) is 0.333. The number of carbonyl (C=O) groups excluding carboxylic acids is 1. The molecular weight excluding hydrogens is 279 g/mol. The van der Waals surface area contributed by atoms with Gasteiger partial charge in [-0.25, -0.2) is 4.39 Å². The van der Waals surface area contributed by atoms with Gasteiger partial charge in [0.15, 0.2) is 0 Å². The molecule has 1 unspecified atom stereocenters. The summed E-state index contributed by atoms with van der Waals surface area (Å²) in [4.78, 5) is 18.1. The first kappa shape index (κ1) is 14.7. The zero-order valence-electron chi connectivity index (χ0n) is 12.6. The average Bonchev–Trinajstić information content (AvgIpc) is 2.55. The number of hydrogen-bond acceptors (Lipinski definition) is 2. The number of piperidine rings is 1. The van der Waals surface area contributed by atoms with Crippen LogP contribution in [0.2, 0.25) is 0 Å². The lowest BCUT2D eigenvalue weighted by molar-refractivity contribution is -0.130. The highest BCUT2D eigenvalue weighted by Gasteiger charge is 2.24. The molecule has 3 rings (SSSR count). The molecule has 114 valence electrons. The number of amides is 1. The highest BCUT2D eigenvalue weighted by molar-refractivity contribution is 5.73. The second kappa shape index (κ2) is 6.26. The van der Waals surface area contributed by atoms with E-state index in [-0.39, 0.29) is 17.6 Å². The predicted molar refractivity (Wildman–Crippen MR) is 83.9 cm³/mol. The topological polar surface area (TPSA) is 33.2 Å². The van der Waals surface area contributed by atoms with Gasteiger partial charge in [-0.1, -0.05) is 18.2 Å². The van der Waals surface area contributed by atoms with Gasteiger partial charge in [0.05, 0.1) is 5.69 Å². The van der Waals surface area contributed by atoms with Crippen molar-refractivity contribution in [3.8, 4) is 11.3 Å². The van der Waals surface area contributed by atoms with Gasteiger partial charge in [0.1, 0.15) is 5.82 Å². The number of hydrogen-bond donors (Lipinski definition) is 0. The van der Waals surface area contributed by atoms with E-state index in [0.717, 1.165) is 25.1 Å². The van der Waals surface area contributed by atoms with E-state index < -0.39 is 0 Å². The summed E-state index contributed by atoms with van der Waals surface area (Å²) in [6.07, 6.45) is 1.99. The predicted octanol–water partition coefficient (Wildman–Crippen LogP) is 3.61. The zero-order chi connectivity index (χ0) is 15.5. The van der Waals surface area contributed by atoms with Crippen LogP contribution in [0.15, 0.2) is 42.5 Å². The quantitative estimate of drug-likeness (QED) is 0.848. The van der Waals surface area contributed by atoms with Gasteiger partial charge in [0.25, 0.3) is 0 Å². The molecule has 0 N–H and O–H groups in total. The molecule has 0 radical (unpaired) electrons. The van der Waals surface area contributed by atoms with Gasteiger partial charge in [0, 0.05) is 37.2 Å². The Labute approximate surface area is 129 Å². The largest absolute Gasteiger partial charge is 0.342 e. The third kappa shape index (κ3) is 3.01. The summed E-state index contributed by atoms with van der Waals surface area (Å²) in [7, 11) is 0. The van der Waals surface area contributed by atoms with Crippen LogP contribution in [0.3, 0.4) is 0 Å². The fourth-order valence-electron chi connectivity index (χ4n) is 3.00. The van der Waals surface area contributed by atoms with Crippen molar-refractivity contribution >= 4 is 5.91 Å². The lowest BCUT2D eigenvalue weighted by Crippen LogP contribution is -2.37. The molecule has 1 aromatic carbocycles. The highest BCUT2D eigenvalue weighted by Crippen LogP contribution is 2.28. The molecule has 1 aliphatic rings. The Balaban J connectivity index is 1.88. The lowest BCUT2D eigenvalue weighted by Gasteiger charge is -2.31. The molecule has 1 aromatic heterocycles. The second-order valence-electron chi connectivity index (χ2n) is 5.73. The zero-order valence-corrected chi connectivity index (χ0v) is 12.6. The van der Waals surface area contributed by atoms with Crippen LogP contribution in [0.4, 0.5) is 4.39 Å². The number of pyridine rings is 1. The number of nitrogens with zero attached hydrogens (tertiary/aromatic N) is 2. The number of likely N-dealkylation sites (tertiary alicyclic amines) is 1. The highest BCUT2D eigenvalue weighted by atomic mass is 19.1. The molecule has 0 bridgehead atoms. The van der Waals surface area contributed by atoms with Gasteiger partial charge >= 0.3 is 0 Å². The van der Waals surface area contributed by atoms with E-state index >= 15 is 0 Å². The minimum atomic E-state index is -0.263. The molecule has 1 atom stereocenters. The normalized spacial score (nSPS) is 18.3. The smallest absolute Gasteiger partial charge is 0.219 e. The average molecular weight is 298 g/mol. The van der Waals surface area contributed by atoms with Gasteiger partial charge in [-0.3, -0.25) is 9.78 Å². The molecule has 1 aliphatic heterocycles. The Morgan fingerprint density at radius 3 is 2.82 bits per heavy atom. The molecule has 0 saturated carbocycles. The van der Waals surface area contributed by atoms with Crippen molar-refractivity contribution in [1.82, 2.24) is 9.88 Å². The van der Waals surface area contributed by atoms with Crippen LogP contribution in [0.1, 0.15) is 31.4 Å². The van der Waals surface area contributed by atoms with Gasteiger partial charge in [-0.05, 0) is 37.1 Å². The van der Waals surface area contributed by atoms with Crippen LogP contribution in [-0.2, 0) is 4.79 Å². The van der Waals surface area contributed by atoms with Gasteiger partial charge < -0.3 is 4.90 Å². The maximum absolute atomic E-state index is 13.9. The maximum atomic E-state index is 13.9. The SMILES string of the molecule is CC(=O)N1CCCC(c2cccc(-c3ccccc3F)n2)C1. The summed E-state index contributed by atoms with van der Waals surface area (Å²) < 4.78 is 13.9. The monoisotopic (exact) mass is 298 g/mol. The van der Waals surface area contributed by atoms with Crippen LogP contribution in [0, 0.1) is 5.82 Å². The molecule has 4 heteroatoms. The van der Waals surface area contributed by atoms with Crippen LogP contribution in [0.5, 0.6) is 0 Å². The minimum absolute atomic E-state index is 0.106. The molecule has 1 fully saturated rings. The molecule has 0 aliphatic carbocycles. The van der Waals surface area contributed by atoms with Crippen molar-refractivity contribution in [2.45, 2.75) is 25.7 Å². The van der Waals surface area contributed by atoms with Crippen molar-refractivity contribution in [2.75, 3.05) is 13.1 Å².